The van der Waals surface area contributed by atoms with E-state index in [-0.39, 0.29) is 23.9 Å². The molecule has 2 atom stereocenters. The fourth-order valence-electron chi connectivity index (χ4n) is 4.13. The van der Waals surface area contributed by atoms with Crippen LogP contribution in [0.1, 0.15) is 32.3 Å². The molecule has 29 heavy (non-hydrogen) atoms. The lowest BCUT2D eigenvalue weighted by Gasteiger charge is -2.34. The van der Waals surface area contributed by atoms with Gasteiger partial charge in [-0.3, -0.25) is 14.5 Å². The van der Waals surface area contributed by atoms with Crippen LogP contribution in [0.3, 0.4) is 0 Å². The number of morpholine rings is 1. The van der Waals surface area contributed by atoms with Gasteiger partial charge in [-0.1, -0.05) is 44.2 Å². The van der Waals surface area contributed by atoms with Crippen molar-refractivity contribution in [1.82, 2.24) is 9.80 Å². The summed E-state index contributed by atoms with van der Waals surface area (Å²) >= 11 is 0. The normalized spacial score (nSPS) is 23.2. The van der Waals surface area contributed by atoms with Crippen molar-refractivity contribution >= 4 is 11.9 Å². The zero-order valence-electron chi connectivity index (χ0n) is 17.7. The van der Waals surface area contributed by atoms with E-state index in [0.717, 1.165) is 38.0 Å². The second-order valence-electron chi connectivity index (χ2n) is 8.62. The molecule has 2 saturated heterocycles. The van der Waals surface area contributed by atoms with Crippen molar-refractivity contribution in [1.29, 1.82) is 0 Å². The Bertz CT molecular complexity index is 664. The average molecular weight is 403 g/mol. The van der Waals surface area contributed by atoms with Gasteiger partial charge in [0.25, 0.3) is 0 Å². The molecule has 0 N–H and O–H groups in total. The lowest BCUT2D eigenvalue weighted by atomic mass is 9.97. The van der Waals surface area contributed by atoms with Gasteiger partial charge < -0.3 is 14.4 Å². The fraction of sp³-hybridized carbons (Fsp3) is 0.652. The van der Waals surface area contributed by atoms with E-state index < -0.39 is 0 Å². The molecule has 3 rings (SSSR count). The molecule has 0 radical (unpaired) electrons. The Labute approximate surface area is 174 Å². The van der Waals surface area contributed by atoms with Crippen LogP contribution in [0.4, 0.5) is 0 Å². The van der Waals surface area contributed by atoms with Crippen LogP contribution in [0.25, 0.3) is 0 Å². The number of rotatable bonds is 7. The van der Waals surface area contributed by atoms with Crippen molar-refractivity contribution in [2.45, 2.75) is 39.2 Å². The van der Waals surface area contributed by atoms with Crippen molar-refractivity contribution in [3.05, 3.63) is 35.9 Å². The van der Waals surface area contributed by atoms with Crippen LogP contribution in [0, 0.1) is 11.8 Å². The number of carbonyl (C=O) groups is 2. The van der Waals surface area contributed by atoms with Crippen molar-refractivity contribution in [2.24, 2.45) is 11.8 Å². The molecule has 1 aromatic rings. The largest absolute Gasteiger partial charge is 0.463 e. The Kier molecular flexibility index (Phi) is 8.07. The summed E-state index contributed by atoms with van der Waals surface area (Å²) in [6.45, 7) is 9.33. The Morgan fingerprint density at radius 2 is 1.97 bits per heavy atom. The number of hydrogen-bond donors (Lipinski definition) is 0. The van der Waals surface area contributed by atoms with Crippen LogP contribution in [0.15, 0.2) is 30.3 Å². The number of esters is 1. The molecule has 0 aliphatic carbocycles. The number of ether oxygens (including phenoxy) is 2. The van der Waals surface area contributed by atoms with Gasteiger partial charge in [-0.05, 0) is 24.3 Å². The number of amides is 1. The van der Waals surface area contributed by atoms with Gasteiger partial charge in [-0.2, -0.15) is 0 Å². The molecular formula is C23H34N2O4. The quantitative estimate of drug-likeness (QED) is 0.656. The molecule has 1 amide bonds. The molecule has 2 aliphatic heterocycles. The van der Waals surface area contributed by atoms with Crippen LogP contribution in [0.2, 0.25) is 0 Å². The highest BCUT2D eigenvalue weighted by Crippen LogP contribution is 2.19. The minimum absolute atomic E-state index is 0.0640. The SMILES string of the molecule is CC(C)CN1CCOC(COC(=O)C2CCCN(C(=O)Cc3ccccc3)C2)C1. The number of carbonyl (C=O) groups excluding carboxylic acids is 2. The van der Waals surface area contributed by atoms with Crippen LogP contribution < -0.4 is 0 Å². The zero-order valence-corrected chi connectivity index (χ0v) is 17.7. The summed E-state index contributed by atoms with van der Waals surface area (Å²) < 4.78 is 11.4. The topological polar surface area (TPSA) is 59.1 Å². The summed E-state index contributed by atoms with van der Waals surface area (Å²) in [5.41, 5.74) is 1.00. The van der Waals surface area contributed by atoms with Crippen molar-refractivity contribution < 1.29 is 19.1 Å². The van der Waals surface area contributed by atoms with E-state index in [1.807, 2.05) is 35.2 Å². The van der Waals surface area contributed by atoms with Crippen LogP contribution >= 0.6 is 0 Å². The van der Waals surface area contributed by atoms with Gasteiger partial charge in [0.2, 0.25) is 5.91 Å². The highest BCUT2D eigenvalue weighted by Gasteiger charge is 2.30. The number of hydrogen-bond acceptors (Lipinski definition) is 5. The lowest BCUT2D eigenvalue weighted by Crippen LogP contribution is -2.47. The first-order chi connectivity index (χ1) is 14.0. The third-order valence-corrected chi connectivity index (χ3v) is 5.56. The van der Waals surface area contributed by atoms with Gasteiger partial charge >= 0.3 is 5.97 Å². The Hall–Kier alpha value is -1.92. The molecule has 2 fully saturated rings. The first-order valence-corrected chi connectivity index (χ1v) is 10.8. The second kappa shape index (κ2) is 10.7. The molecule has 0 saturated carbocycles. The third kappa shape index (κ3) is 6.82. The van der Waals surface area contributed by atoms with E-state index in [9.17, 15) is 9.59 Å². The maximum absolute atomic E-state index is 12.6. The molecular weight excluding hydrogens is 368 g/mol. The van der Waals surface area contributed by atoms with Gasteiger partial charge in [0.15, 0.2) is 0 Å². The molecule has 1 aromatic carbocycles. The van der Waals surface area contributed by atoms with Gasteiger partial charge in [0, 0.05) is 32.7 Å². The van der Waals surface area contributed by atoms with Gasteiger partial charge in [0.05, 0.1) is 18.9 Å². The minimum Gasteiger partial charge on any atom is -0.463 e. The first-order valence-electron chi connectivity index (χ1n) is 10.8. The molecule has 160 valence electrons. The fourth-order valence-corrected chi connectivity index (χ4v) is 4.13. The summed E-state index contributed by atoms with van der Waals surface area (Å²) in [5.74, 6) is 0.247. The Morgan fingerprint density at radius 1 is 1.17 bits per heavy atom. The van der Waals surface area contributed by atoms with Gasteiger partial charge in [-0.15, -0.1) is 0 Å². The molecule has 2 aliphatic rings. The average Bonchev–Trinajstić information content (AvgIpc) is 2.72. The maximum atomic E-state index is 12.6. The molecule has 0 spiro atoms. The number of likely N-dealkylation sites (tertiary alicyclic amines) is 1. The summed E-state index contributed by atoms with van der Waals surface area (Å²) in [4.78, 5) is 29.4. The maximum Gasteiger partial charge on any atom is 0.310 e. The molecule has 2 heterocycles. The number of nitrogens with zero attached hydrogens (tertiary/aromatic N) is 2. The second-order valence-corrected chi connectivity index (χ2v) is 8.62. The summed E-state index contributed by atoms with van der Waals surface area (Å²) in [6, 6.07) is 9.74. The monoisotopic (exact) mass is 402 g/mol. The number of benzene rings is 1. The lowest BCUT2D eigenvalue weighted by molar-refractivity contribution is -0.158. The molecule has 6 nitrogen and oxygen atoms in total. The van der Waals surface area contributed by atoms with Crippen LogP contribution in [-0.4, -0.2) is 73.7 Å². The first kappa shape index (κ1) is 21.8. The van der Waals surface area contributed by atoms with Crippen molar-refractivity contribution in [3.63, 3.8) is 0 Å². The molecule has 6 heteroatoms. The van der Waals surface area contributed by atoms with Crippen molar-refractivity contribution in [3.8, 4) is 0 Å². The predicted molar refractivity (Wildman–Crippen MR) is 111 cm³/mol. The Morgan fingerprint density at radius 3 is 2.72 bits per heavy atom. The standard InChI is InChI=1S/C23H34N2O4/c1-18(2)14-24-11-12-28-21(16-24)17-29-23(27)20-9-6-10-25(15-20)22(26)13-19-7-4-3-5-8-19/h3-5,7-8,18,20-21H,6,9-17H2,1-2H3. The van der Waals surface area contributed by atoms with E-state index in [1.165, 1.54) is 0 Å². The highest BCUT2D eigenvalue weighted by atomic mass is 16.6. The predicted octanol–water partition coefficient (Wildman–Crippen LogP) is 2.37. The van der Waals surface area contributed by atoms with E-state index in [2.05, 4.69) is 18.7 Å². The van der Waals surface area contributed by atoms with Crippen LogP contribution in [0.5, 0.6) is 0 Å². The zero-order chi connectivity index (χ0) is 20.6. The molecule has 0 bridgehead atoms. The highest BCUT2D eigenvalue weighted by molar-refractivity contribution is 5.80. The Balaban J connectivity index is 1.44. The van der Waals surface area contributed by atoms with Crippen LogP contribution in [-0.2, 0) is 25.5 Å². The summed E-state index contributed by atoms with van der Waals surface area (Å²) in [7, 11) is 0. The van der Waals surface area contributed by atoms with Gasteiger partial charge in [-0.25, -0.2) is 0 Å². The third-order valence-electron chi connectivity index (χ3n) is 5.56. The van der Waals surface area contributed by atoms with Gasteiger partial charge in [0.1, 0.15) is 12.7 Å². The molecule has 2 unspecified atom stereocenters. The minimum atomic E-state index is -0.237. The summed E-state index contributed by atoms with van der Waals surface area (Å²) in [5, 5.41) is 0. The van der Waals surface area contributed by atoms with E-state index >= 15 is 0 Å². The molecule has 0 aromatic heterocycles. The van der Waals surface area contributed by atoms with E-state index in [1.54, 1.807) is 0 Å². The summed E-state index contributed by atoms with van der Waals surface area (Å²) in [6.07, 6.45) is 1.93. The van der Waals surface area contributed by atoms with E-state index in [0.29, 0.717) is 38.6 Å². The van der Waals surface area contributed by atoms with Crippen molar-refractivity contribution in [2.75, 3.05) is 45.9 Å². The number of piperidine rings is 1. The van der Waals surface area contributed by atoms with E-state index in [4.69, 9.17) is 9.47 Å². The smallest absolute Gasteiger partial charge is 0.310 e.